The fourth-order valence-electron chi connectivity index (χ4n) is 3.74. The Morgan fingerprint density at radius 1 is 1.28 bits per heavy atom. The largest absolute Gasteiger partial charge is 1.00 e. The topological polar surface area (TPSA) is 95.6 Å². The molecule has 0 bridgehead atoms. The maximum absolute atomic E-state index is 12.3. The van der Waals surface area contributed by atoms with E-state index in [1.165, 1.54) is 0 Å². The first kappa shape index (κ1) is 21.7. The molecule has 7 nitrogen and oxygen atoms in total. The normalized spacial score (nSPS) is 25.4. The van der Waals surface area contributed by atoms with Gasteiger partial charge in [-0.3, -0.25) is 9.79 Å². The van der Waals surface area contributed by atoms with Gasteiger partial charge in [0, 0.05) is 12.3 Å². The highest BCUT2D eigenvalue weighted by atomic mass is 127. The number of benzene rings is 1. The quantitative estimate of drug-likeness (QED) is 0.261. The summed E-state index contributed by atoms with van der Waals surface area (Å²) in [5.74, 6) is -1.48. The molecule has 2 atom stereocenters. The number of fused-ring (bicyclic) bond motifs is 1. The predicted molar refractivity (Wildman–Crippen MR) is 108 cm³/mol. The highest BCUT2D eigenvalue weighted by Crippen LogP contribution is 2.43. The van der Waals surface area contributed by atoms with E-state index in [1.807, 2.05) is 12.4 Å². The van der Waals surface area contributed by atoms with Gasteiger partial charge in [-0.05, 0) is 24.3 Å². The Hall–Kier alpha value is -2.04. The summed E-state index contributed by atoms with van der Waals surface area (Å²) in [5.41, 5.74) is 2.50. The Morgan fingerprint density at radius 3 is 2.69 bits per heavy atom. The number of carboxylic acid groups (broad SMARTS) is 1. The van der Waals surface area contributed by atoms with Crippen molar-refractivity contribution in [1.82, 2.24) is 0 Å². The minimum absolute atomic E-state index is 0. The lowest BCUT2D eigenvalue weighted by molar-refractivity contribution is -0.684. The highest BCUT2D eigenvalue weighted by Gasteiger charge is 2.41. The zero-order valence-corrected chi connectivity index (χ0v) is 18.2. The van der Waals surface area contributed by atoms with Crippen LogP contribution in [-0.2, 0) is 14.3 Å². The maximum Gasteiger partial charge on any atom is 0.307 e. The number of carbonyl (C=O) groups is 2. The van der Waals surface area contributed by atoms with E-state index in [9.17, 15) is 14.7 Å². The lowest BCUT2D eigenvalue weighted by Crippen LogP contribution is -3.07. The van der Waals surface area contributed by atoms with Gasteiger partial charge in [0.05, 0.1) is 41.0 Å². The number of aliphatic imine (C=N–C) groups is 2. The fourth-order valence-corrected chi connectivity index (χ4v) is 4.47. The molecule has 152 valence electrons. The molecule has 0 saturated heterocycles. The Balaban J connectivity index is 0.00000240. The molecule has 29 heavy (non-hydrogen) atoms. The molecule has 2 unspecified atom stereocenters. The first-order chi connectivity index (χ1) is 13.5. The minimum Gasteiger partial charge on any atom is -1.00 e. The number of nitrogens with one attached hydrogen (secondary N) is 1. The smallest absolute Gasteiger partial charge is 0.307 e. The van der Waals surface area contributed by atoms with Crippen molar-refractivity contribution >= 4 is 44.6 Å². The van der Waals surface area contributed by atoms with Gasteiger partial charge < -0.3 is 27.0 Å². The van der Waals surface area contributed by atoms with Gasteiger partial charge in [-0.25, -0.2) is 4.90 Å². The summed E-state index contributed by atoms with van der Waals surface area (Å²) < 4.78 is 6.16. The number of halogens is 2. The molecule has 4 rings (SSSR count). The van der Waals surface area contributed by atoms with Crippen LogP contribution in [0, 0.1) is 11.8 Å². The van der Waals surface area contributed by atoms with Crippen LogP contribution in [0.3, 0.4) is 0 Å². The van der Waals surface area contributed by atoms with E-state index in [1.54, 1.807) is 36.5 Å². The fraction of sp³-hybridized carbons (Fsp3) is 0.300. The number of hydrogen-bond donors (Lipinski definition) is 1. The monoisotopic (exact) mass is 526 g/mol. The van der Waals surface area contributed by atoms with Gasteiger partial charge in [0.25, 0.3) is 3.84 Å². The van der Waals surface area contributed by atoms with Crippen molar-refractivity contribution in [2.75, 3.05) is 0 Å². The summed E-state index contributed by atoms with van der Waals surface area (Å²) in [4.78, 5) is 33.6. The molecule has 1 saturated carbocycles. The summed E-state index contributed by atoms with van der Waals surface area (Å²) in [7, 11) is 0. The van der Waals surface area contributed by atoms with Crippen molar-refractivity contribution < 1.29 is 36.7 Å². The van der Waals surface area contributed by atoms with Crippen molar-refractivity contribution in [3.8, 4) is 0 Å². The van der Waals surface area contributed by atoms with Crippen molar-refractivity contribution in [2.24, 2.45) is 21.8 Å². The van der Waals surface area contributed by atoms with Crippen LogP contribution in [0.2, 0.25) is 0 Å². The van der Waals surface area contributed by atoms with E-state index in [0.29, 0.717) is 11.5 Å². The number of rotatable bonds is 6. The second kappa shape index (κ2) is 9.19. The van der Waals surface area contributed by atoms with Crippen LogP contribution in [0.15, 0.2) is 64.1 Å². The molecule has 2 aliphatic heterocycles. The number of carbonyl (C=O) groups excluding carboxylic acids is 2. The third kappa shape index (κ3) is 4.59. The molecular weight excluding hydrogens is 509 g/mol. The van der Waals surface area contributed by atoms with Crippen LogP contribution in [0.1, 0.15) is 30.9 Å². The number of amidine groups is 1. The molecule has 1 fully saturated rings. The van der Waals surface area contributed by atoms with Crippen molar-refractivity contribution in [3.63, 3.8) is 0 Å². The average Bonchev–Trinajstić information content (AvgIpc) is 2.99. The number of esters is 1. The second-order valence-electron chi connectivity index (χ2n) is 7.05. The van der Waals surface area contributed by atoms with Crippen LogP contribution in [0.25, 0.3) is 0 Å². The minimum atomic E-state index is -1.42. The van der Waals surface area contributed by atoms with Gasteiger partial charge in [-0.1, -0.05) is 30.3 Å². The zero-order chi connectivity index (χ0) is 19.7. The van der Waals surface area contributed by atoms with Gasteiger partial charge in [0.15, 0.2) is 11.8 Å². The van der Waals surface area contributed by atoms with E-state index in [0.717, 1.165) is 33.0 Å². The predicted octanol–water partition coefficient (Wildman–Crippen LogP) is -2.10. The van der Waals surface area contributed by atoms with Crippen LogP contribution < -0.4 is 22.4 Å². The number of carboxylic acids is 1. The molecule has 0 amide bonds. The van der Waals surface area contributed by atoms with Crippen molar-refractivity contribution in [1.29, 1.82) is 0 Å². The molecule has 3 aliphatic rings. The van der Waals surface area contributed by atoms with E-state index < -0.39 is 18.0 Å². The van der Waals surface area contributed by atoms with E-state index in [4.69, 9.17) is 4.74 Å². The number of aliphatic carboxylic acids is 1. The molecule has 0 aromatic heterocycles. The summed E-state index contributed by atoms with van der Waals surface area (Å²) >= 11 is 2.23. The Bertz CT molecular complexity index is 923. The molecule has 1 aromatic carbocycles. The lowest BCUT2D eigenvalue weighted by atomic mass is 9.71. The molecular formula is C20H18ClIN3O4-. The Labute approximate surface area is 187 Å². The SMILES string of the molecule is O=C(CC1CC(C2=C3C=NC=C[NH+]3C(I)=N2)C1)OC(C(=O)[O-])c1ccccc1.[Cl-]. The van der Waals surface area contributed by atoms with E-state index in [2.05, 4.69) is 32.6 Å². The number of hydrogen-bond acceptors (Lipinski definition) is 6. The van der Waals surface area contributed by atoms with Crippen LogP contribution in [-0.4, -0.2) is 22.0 Å². The standard InChI is InChI=1S/C20H18IN3O4.ClH/c21-20-23-17(15-11-22-6-7-24(15)20)14-8-12(9-14)10-16(25)28-18(19(26)27)13-4-2-1-3-5-13;/h1-7,11-12,14,18H,8-10H2,(H,26,27);1H/p-1. The zero-order valence-electron chi connectivity index (χ0n) is 15.3. The summed E-state index contributed by atoms with van der Waals surface area (Å²) in [6.07, 6.45) is 6.03. The van der Waals surface area contributed by atoms with Gasteiger partial charge in [0.1, 0.15) is 11.9 Å². The summed E-state index contributed by atoms with van der Waals surface area (Å²) in [6, 6.07) is 8.38. The molecule has 2 heterocycles. The first-order valence-corrected chi connectivity index (χ1v) is 10.1. The maximum atomic E-state index is 12.3. The van der Waals surface area contributed by atoms with Crippen LogP contribution >= 0.6 is 22.6 Å². The number of quaternary nitrogens is 1. The van der Waals surface area contributed by atoms with E-state index in [-0.39, 0.29) is 24.7 Å². The van der Waals surface area contributed by atoms with Crippen LogP contribution in [0.4, 0.5) is 0 Å². The van der Waals surface area contributed by atoms with Crippen LogP contribution in [0.5, 0.6) is 0 Å². The van der Waals surface area contributed by atoms with Crippen molar-refractivity contribution in [2.45, 2.75) is 25.4 Å². The summed E-state index contributed by atoms with van der Waals surface area (Å²) in [6.45, 7) is 0. The van der Waals surface area contributed by atoms with Gasteiger partial charge >= 0.3 is 5.97 Å². The molecule has 1 aromatic rings. The Morgan fingerprint density at radius 2 is 2.00 bits per heavy atom. The number of nitrogens with zero attached hydrogens (tertiary/aromatic N) is 2. The third-order valence-corrected chi connectivity index (χ3v) is 6.00. The van der Waals surface area contributed by atoms with Gasteiger partial charge in [-0.2, -0.15) is 4.99 Å². The molecule has 1 aliphatic carbocycles. The molecule has 1 N–H and O–H groups in total. The lowest BCUT2D eigenvalue weighted by Gasteiger charge is -2.34. The second-order valence-corrected chi connectivity index (χ2v) is 8.07. The van der Waals surface area contributed by atoms with E-state index >= 15 is 0 Å². The number of ether oxygens (including phenoxy) is 1. The molecule has 0 spiro atoms. The molecule has 9 heteroatoms. The third-order valence-electron chi connectivity index (χ3n) is 5.18. The van der Waals surface area contributed by atoms with Gasteiger partial charge in [-0.15, -0.1) is 0 Å². The van der Waals surface area contributed by atoms with Gasteiger partial charge in [0.2, 0.25) is 0 Å². The summed E-state index contributed by atoms with van der Waals surface area (Å²) in [5, 5.41) is 11.4. The molecule has 0 radical (unpaired) electrons. The number of allylic oxidation sites excluding steroid dienone is 2. The Kier molecular flexibility index (Phi) is 6.86. The van der Waals surface area contributed by atoms with Crippen molar-refractivity contribution in [3.05, 3.63) is 59.7 Å². The highest BCUT2D eigenvalue weighted by molar-refractivity contribution is 14.1. The first-order valence-electron chi connectivity index (χ1n) is 9.04. The average molecular weight is 527 g/mol.